The molecule has 0 rings (SSSR count). The number of unbranched alkanes of at least 4 members (excludes halogenated alkanes) is 3. The number of aliphatic hydroxyl groups is 1. The molecule has 0 bridgehead atoms. The first-order valence-corrected chi connectivity index (χ1v) is 14.7. The van der Waals surface area contributed by atoms with Gasteiger partial charge in [0.15, 0.2) is 0 Å². The summed E-state index contributed by atoms with van der Waals surface area (Å²) in [5, 5.41) is 8.93. The van der Waals surface area contributed by atoms with Crippen LogP contribution in [0.25, 0.3) is 0 Å². The third kappa shape index (κ3) is 7.62. The van der Waals surface area contributed by atoms with Crippen LogP contribution in [0.2, 0.25) is 13.3 Å². The normalized spacial score (nSPS) is 11.6. The van der Waals surface area contributed by atoms with Crippen LogP contribution in [0.4, 0.5) is 0 Å². The van der Waals surface area contributed by atoms with E-state index in [0.29, 0.717) is 0 Å². The molecule has 0 radical (unpaired) electrons. The molecule has 18 heavy (non-hydrogen) atoms. The summed E-state index contributed by atoms with van der Waals surface area (Å²) < 4.78 is 9.22. The second-order valence-corrected chi connectivity index (χ2v) is 16.7. The van der Waals surface area contributed by atoms with Crippen LogP contribution in [0.5, 0.6) is 0 Å². The Kier molecular flexibility index (Phi) is 11.2. The van der Waals surface area contributed by atoms with E-state index in [-0.39, 0.29) is 5.97 Å². The molecule has 0 aromatic rings. The molecular formula is C14H30O3Sn. The van der Waals surface area contributed by atoms with Crippen molar-refractivity contribution in [3.05, 3.63) is 0 Å². The van der Waals surface area contributed by atoms with Crippen molar-refractivity contribution in [3.8, 4) is 0 Å². The molecule has 0 atom stereocenters. The summed E-state index contributed by atoms with van der Waals surface area (Å²) in [6, 6.07) is 0. The van der Waals surface area contributed by atoms with E-state index in [9.17, 15) is 4.79 Å². The molecule has 0 aromatic carbocycles. The third-order valence-corrected chi connectivity index (χ3v) is 16.1. The molecular weight excluding hydrogens is 335 g/mol. The summed E-state index contributed by atoms with van der Waals surface area (Å²) in [4.78, 5) is 11.5. The maximum absolute atomic E-state index is 11.5. The van der Waals surface area contributed by atoms with Crippen molar-refractivity contribution in [1.82, 2.24) is 0 Å². The Morgan fingerprint density at radius 2 is 1.33 bits per heavy atom. The molecule has 1 N–H and O–H groups in total. The molecule has 0 saturated carbocycles. The molecule has 3 nitrogen and oxygen atoms in total. The molecule has 0 amide bonds. The fourth-order valence-corrected chi connectivity index (χ4v) is 15.4. The van der Waals surface area contributed by atoms with Gasteiger partial charge in [-0.25, -0.2) is 0 Å². The summed E-state index contributed by atoms with van der Waals surface area (Å²) in [6.07, 6.45) is 6.99. The van der Waals surface area contributed by atoms with Crippen LogP contribution in [0.1, 0.15) is 59.3 Å². The van der Waals surface area contributed by atoms with E-state index in [1.807, 2.05) is 0 Å². The van der Waals surface area contributed by atoms with Crippen molar-refractivity contribution in [2.75, 3.05) is 6.61 Å². The molecule has 0 aliphatic carbocycles. The number of hydrogen-bond acceptors (Lipinski definition) is 3. The van der Waals surface area contributed by atoms with E-state index < -0.39 is 25.4 Å². The summed E-state index contributed by atoms with van der Waals surface area (Å²) in [6.45, 7) is 6.10. The van der Waals surface area contributed by atoms with Gasteiger partial charge in [0.1, 0.15) is 0 Å². The number of carbonyl (C=O) groups excluding carboxylic acids is 1. The summed E-state index contributed by atoms with van der Waals surface area (Å²) >= 11 is -2.78. The predicted molar refractivity (Wildman–Crippen MR) is 78.1 cm³/mol. The van der Waals surface area contributed by atoms with E-state index in [1.54, 1.807) is 0 Å². The Labute approximate surface area is 117 Å². The second kappa shape index (κ2) is 11.1. The average Bonchev–Trinajstić information content (AvgIpc) is 2.40. The van der Waals surface area contributed by atoms with Crippen LogP contribution in [0, 0.1) is 0 Å². The van der Waals surface area contributed by atoms with Gasteiger partial charge in [-0.2, -0.15) is 0 Å². The minimum atomic E-state index is -2.78. The van der Waals surface area contributed by atoms with E-state index in [0.717, 1.165) is 32.6 Å². The van der Waals surface area contributed by atoms with Gasteiger partial charge in [0, 0.05) is 0 Å². The monoisotopic (exact) mass is 366 g/mol. The number of rotatable bonds is 11. The average molecular weight is 365 g/mol. The van der Waals surface area contributed by atoms with Gasteiger partial charge in [0.25, 0.3) is 0 Å². The molecule has 0 fully saturated rings. The van der Waals surface area contributed by atoms with Gasteiger partial charge in [-0.3, -0.25) is 0 Å². The van der Waals surface area contributed by atoms with Crippen LogP contribution >= 0.6 is 0 Å². The van der Waals surface area contributed by atoms with Crippen molar-refractivity contribution >= 4 is 24.8 Å². The first-order chi connectivity index (χ1) is 8.64. The van der Waals surface area contributed by atoms with Crippen molar-refractivity contribution in [2.24, 2.45) is 0 Å². The van der Waals surface area contributed by atoms with E-state index >= 15 is 0 Å². The van der Waals surface area contributed by atoms with Gasteiger partial charge >= 0.3 is 117 Å². The maximum atomic E-state index is 11.5. The fourth-order valence-electron chi connectivity index (χ4n) is 2.30. The van der Waals surface area contributed by atoms with Gasteiger partial charge in [-0.15, -0.1) is 0 Å². The van der Waals surface area contributed by atoms with E-state index in [2.05, 4.69) is 20.8 Å². The standard InChI is InChI=1S/3C4H9.C2H4O3.Sn/c3*1-3-4-2;3-1-2(4)5;/h3*1,3-4H2,2H3;3H,1H2,(H,4,5);/q;;;;+1/p-1. The first kappa shape index (κ1) is 18.2. The second-order valence-electron chi connectivity index (χ2n) is 5.13. The Morgan fingerprint density at radius 3 is 1.61 bits per heavy atom. The Bertz CT molecular complexity index is 197. The van der Waals surface area contributed by atoms with Crippen molar-refractivity contribution in [1.29, 1.82) is 0 Å². The quantitative estimate of drug-likeness (QED) is 0.566. The molecule has 0 aromatic heterocycles. The third-order valence-electron chi connectivity index (χ3n) is 3.42. The zero-order valence-corrected chi connectivity index (χ0v) is 15.2. The topological polar surface area (TPSA) is 46.5 Å². The van der Waals surface area contributed by atoms with Gasteiger partial charge in [0.05, 0.1) is 0 Å². The van der Waals surface area contributed by atoms with E-state index in [1.165, 1.54) is 19.3 Å². The van der Waals surface area contributed by atoms with Crippen LogP contribution in [0.3, 0.4) is 0 Å². The number of hydrogen-bond donors (Lipinski definition) is 1. The molecule has 0 aliphatic rings. The molecule has 0 spiro atoms. The van der Waals surface area contributed by atoms with Gasteiger partial charge < -0.3 is 0 Å². The van der Waals surface area contributed by atoms with Crippen LogP contribution < -0.4 is 0 Å². The molecule has 0 heterocycles. The SMILES string of the molecule is CCC[CH2][Sn]([CH2]CCC)([CH2]CCC)[O]C(=O)CO. The van der Waals surface area contributed by atoms with Gasteiger partial charge in [-0.05, 0) is 0 Å². The summed E-state index contributed by atoms with van der Waals surface area (Å²) in [5.41, 5.74) is 0. The summed E-state index contributed by atoms with van der Waals surface area (Å²) in [5.74, 6) is -0.380. The Balaban J connectivity index is 4.66. The fraction of sp³-hybridized carbons (Fsp3) is 0.929. The predicted octanol–water partition coefficient (Wildman–Crippen LogP) is 3.87. The van der Waals surface area contributed by atoms with Gasteiger partial charge in [0.2, 0.25) is 0 Å². The molecule has 108 valence electrons. The Hall–Kier alpha value is 0.229. The van der Waals surface area contributed by atoms with Crippen LogP contribution in [-0.4, -0.2) is 36.5 Å². The zero-order chi connectivity index (χ0) is 13.9. The van der Waals surface area contributed by atoms with E-state index in [4.69, 9.17) is 8.18 Å². The minimum absolute atomic E-state index is 0.380. The Morgan fingerprint density at radius 1 is 0.944 bits per heavy atom. The molecule has 0 saturated heterocycles. The molecule has 0 aliphatic heterocycles. The zero-order valence-electron chi connectivity index (χ0n) is 12.3. The molecule has 4 heteroatoms. The first-order valence-electron chi connectivity index (χ1n) is 7.46. The van der Waals surface area contributed by atoms with Crippen molar-refractivity contribution in [3.63, 3.8) is 0 Å². The number of aliphatic hydroxyl groups excluding tert-OH is 1. The van der Waals surface area contributed by atoms with Crippen LogP contribution in [0.15, 0.2) is 0 Å². The van der Waals surface area contributed by atoms with Crippen LogP contribution in [-0.2, 0) is 7.87 Å². The number of carbonyl (C=O) groups is 1. The summed E-state index contributed by atoms with van der Waals surface area (Å²) in [7, 11) is 0. The molecule has 0 unspecified atom stereocenters. The van der Waals surface area contributed by atoms with Crippen molar-refractivity contribution in [2.45, 2.75) is 72.6 Å². The van der Waals surface area contributed by atoms with Crippen molar-refractivity contribution < 1.29 is 13.0 Å². The van der Waals surface area contributed by atoms with Gasteiger partial charge in [-0.1, -0.05) is 0 Å².